The number of pyridine rings is 1. The van der Waals surface area contributed by atoms with Gasteiger partial charge in [-0.25, -0.2) is 13.4 Å². The molecule has 3 aromatic carbocycles. The lowest BCUT2D eigenvalue weighted by molar-refractivity contribution is 0.596. The van der Waals surface area contributed by atoms with Crippen molar-refractivity contribution in [2.45, 2.75) is 28.2 Å². The zero-order valence-corrected chi connectivity index (χ0v) is 18.8. The summed E-state index contributed by atoms with van der Waals surface area (Å²) in [7, 11) is -3.30. The van der Waals surface area contributed by atoms with Crippen LogP contribution in [0.4, 0.5) is 5.82 Å². The van der Waals surface area contributed by atoms with Crippen molar-refractivity contribution in [2.75, 3.05) is 17.2 Å². The van der Waals surface area contributed by atoms with Crippen LogP contribution in [-0.4, -0.2) is 25.7 Å². The van der Waals surface area contributed by atoms with E-state index < -0.39 is 9.84 Å². The lowest BCUT2D eigenvalue weighted by Gasteiger charge is -2.23. The Morgan fingerprint density at radius 1 is 0.935 bits per heavy atom. The van der Waals surface area contributed by atoms with Crippen LogP contribution in [-0.2, 0) is 16.4 Å². The Bertz CT molecular complexity index is 1370. The molecule has 4 nitrogen and oxygen atoms in total. The fourth-order valence-electron chi connectivity index (χ4n) is 3.92. The van der Waals surface area contributed by atoms with Crippen LogP contribution in [0.3, 0.4) is 0 Å². The van der Waals surface area contributed by atoms with Crippen LogP contribution in [0.15, 0.2) is 93.5 Å². The number of rotatable bonds is 3. The molecule has 0 fully saturated rings. The molecule has 4 aromatic rings. The number of hydrogen-bond acceptors (Lipinski definition) is 5. The van der Waals surface area contributed by atoms with Gasteiger partial charge in [0.15, 0.2) is 9.84 Å². The van der Waals surface area contributed by atoms with Gasteiger partial charge < -0.3 is 4.90 Å². The van der Waals surface area contributed by atoms with Gasteiger partial charge in [-0.15, -0.1) is 0 Å². The first-order valence-electron chi connectivity index (χ1n) is 10.2. The summed E-state index contributed by atoms with van der Waals surface area (Å²) in [5.41, 5.74) is 2.93. The smallest absolute Gasteiger partial charge is 0.180 e. The Morgan fingerprint density at radius 3 is 2.55 bits per heavy atom. The van der Waals surface area contributed by atoms with E-state index in [1.807, 2.05) is 36.4 Å². The van der Waals surface area contributed by atoms with Gasteiger partial charge in [-0.3, -0.25) is 0 Å². The molecule has 0 bridgehead atoms. The third kappa shape index (κ3) is 4.05. The van der Waals surface area contributed by atoms with E-state index in [1.54, 1.807) is 23.9 Å². The molecule has 5 rings (SSSR count). The van der Waals surface area contributed by atoms with Gasteiger partial charge in [0.1, 0.15) is 5.82 Å². The predicted molar refractivity (Wildman–Crippen MR) is 127 cm³/mol. The highest BCUT2D eigenvalue weighted by Crippen LogP contribution is 2.36. The number of aryl methyl sites for hydroxylation is 1. The molecule has 1 aromatic heterocycles. The van der Waals surface area contributed by atoms with Crippen molar-refractivity contribution in [2.24, 2.45) is 0 Å². The highest BCUT2D eigenvalue weighted by Gasteiger charge is 2.26. The molecule has 0 aliphatic carbocycles. The van der Waals surface area contributed by atoms with Crippen molar-refractivity contribution in [3.05, 3.63) is 90.0 Å². The molecular formula is C25H22N2O2S2. The van der Waals surface area contributed by atoms with Gasteiger partial charge in [0.2, 0.25) is 0 Å². The Morgan fingerprint density at radius 2 is 1.71 bits per heavy atom. The molecule has 1 aliphatic heterocycles. The van der Waals surface area contributed by atoms with Crippen LogP contribution in [0.2, 0.25) is 0 Å². The van der Waals surface area contributed by atoms with Crippen LogP contribution < -0.4 is 4.90 Å². The van der Waals surface area contributed by atoms with Crippen LogP contribution in [0.5, 0.6) is 0 Å². The molecule has 6 heteroatoms. The van der Waals surface area contributed by atoms with E-state index >= 15 is 0 Å². The van der Waals surface area contributed by atoms with Crippen LogP contribution >= 0.6 is 11.8 Å². The van der Waals surface area contributed by atoms with E-state index in [-0.39, 0.29) is 5.75 Å². The second kappa shape index (κ2) is 8.02. The lowest BCUT2D eigenvalue weighted by Crippen LogP contribution is -2.26. The lowest BCUT2D eigenvalue weighted by atomic mass is 10.1. The summed E-state index contributed by atoms with van der Waals surface area (Å²) in [6.07, 6.45) is 0. The molecule has 31 heavy (non-hydrogen) atoms. The molecule has 156 valence electrons. The highest BCUT2D eigenvalue weighted by atomic mass is 32.2. The van der Waals surface area contributed by atoms with E-state index in [0.29, 0.717) is 18.0 Å². The van der Waals surface area contributed by atoms with Gasteiger partial charge in [-0.05, 0) is 48.9 Å². The zero-order chi connectivity index (χ0) is 21.4. The van der Waals surface area contributed by atoms with Gasteiger partial charge in [-0.1, -0.05) is 59.8 Å². The van der Waals surface area contributed by atoms with E-state index in [9.17, 15) is 8.42 Å². The summed E-state index contributed by atoms with van der Waals surface area (Å²) >= 11 is 1.71. The molecule has 0 N–H and O–H groups in total. The number of anilines is 1. The van der Waals surface area contributed by atoms with Crippen molar-refractivity contribution in [1.29, 1.82) is 0 Å². The maximum absolute atomic E-state index is 12.8. The van der Waals surface area contributed by atoms with Gasteiger partial charge >= 0.3 is 0 Å². The summed E-state index contributed by atoms with van der Waals surface area (Å²) in [6, 6.07) is 26.0. The Labute approximate surface area is 186 Å². The average molecular weight is 447 g/mol. The number of benzene rings is 3. The van der Waals surface area contributed by atoms with Crippen molar-refractivity contribution in [3.8, 4) is 0 Å². The molecule has 0 amide bonds. The summed E-state index contributed by atoms with van der Waals surface area (Å²) in [5, 5.41) is 1.11. The predicted octanol–water partition coefficient (Wildman–Crippen LogP) is 5.49. The maximum atomic E-state index is 12.8. The number of aromatic nitrogens is 1. The zero-order valence-electron chi connectivity index (χ0n) is 17.2. The maximum Gasteiger partial charge on any atom is 0.180 e. The highest BCUT2D eigenvalue weighted by molar-refractivity contribution is 7.99. The quantitative estimate of drug-likeness (QED) is 0.417. The minimum absolute atomic E-state index is 0.0821. The molecule has 0 saturated heterocycles. The van der Waals surface area contributed by atoms with Crippen LogP contribution in [0.25, 0.3) is 10.9 Å². The topological polar surface area (TPSA) is 50.3 Å². The van der Waals surface area contributed by atoms with Gasteiger partial charge in [0.05, 0.1) is 16.2 Å². The van der Waals surface area contributed by atoms with Crippen molar-refractivity contribution < 1.29 is 8.42 Å². The first-order chi connectivity index (χ1) is 15.0. The van der Waals surface area contributed by atoms with Crippen LogP contribution in [0.1, 0.15) is 11.1 Å². The molecule has 0 spiro atoms. The van der Waals surface area contributed by atoms with E-state index in [2.05, 4.69) is 42.2 Å². The summed E-state index contributed by atoms with van der Waals surface area (Å²) in [5.74, 6) is 0.889. The van der Waals surface area contributed by atoms with Gasteiger partial charge in [-0.2, -0.15) is 0 Å². The molecule has 1 aliphatic rings. The Balaban J connectivity index is 1.61. The minimum Gasteiger partial charge on any atom is -0.351 e. The molecule has 0 saturated carbocycles. The Hall–Kier alpha value is -2.83. The third-order valence-corrected chi connectivity index (χ3v) is 8.36. The molecule has 2 heterocycles. The average Bonchev–Trinajstić information content (AvgIpc) is 2.91. The largest absolute Gasteiger partial charge is 0.351 e. The second-order valence-electron chi connectivity index (χ2n) is 7.76. The normalized spacial score (nSPS) is 15.5. The minimum atomic E-state index is -3.30. The summed E-state index contributed by atoms with van der Waals surface area (Å²) in [4.78, 5) is 9.72. The fourth-order valence-corrected chi connectivity index (χ4v) is 6.40. The molecular weight excluding hydrogens is 424 g/mol. The third-order valence-electron chi connectivity index (χ3n) is 5.51. The van der Waals surface area contributed by atoms with Crippen LogP contribution in [0, 0.1) is 6.92 Å². The number of nitrogens with zero attached hydrogens (tertiary/aromatic N) is 2. The molecule has 0 atom stereocenters. The monoisotopic (exact) mass is 446 g/mol. The van der Waals surface area contributed by atoms with E-state index in [4.69, 9.17) is 4.98 Å². The van der Waals surface area contributed by atoms with Crippen molar-refractivity contribution in [3.63, 3.8) is 0 Å². The fraction of sp³-hybridized carbons (Fsp3) is 0.160. The first-order valence-corrected chi connectivity index (χ1v) is 12.7. The van der Waals surface area contributed by atoms with Gasteiger partial charge in [0, 0.05) is 28.3 Å². The standard InChI is InChI=1S/C25H22N2O2S2/c1-18-11-12-22-21(15-18)23(30-20-8-3-2-4-9-20)16-25(26-22)27-13-14-31(28,29)24-10-6-5-7-19(24)17-27/h2-12,15-16H,13-14,17H2,1H3. The second-order valence-corrected chi connectivity index (χ2v) is 11.0. The Kier molecular flexibility index (Phi) is 5.20. The number of fused-ring (bicyclic) bond motifs is 2. The number of sulfone groups is 1. The summed E-state index contributed by atoms with van der Waals surface area (Å²) in [6.45, 7) is 3.02. The SMILES string of the molecule is Cc1ccc2nc(N3CCS(=O)(=O)c4ccccc4C3)cc(Sc3ccccc3)c2c1. The van der Waals surface area contributed by atoms with Gasteiger partial charge in [0.25, 0.3) is 0 Å². The number of hydrogen-bond donors (Lipinski definition) is 0. The molecule has 0 unspecified atom stereocenters. The van der Waals surface area contributed by atoms with Crippen molar-refractivity contribution >= 4 is 38.3 Å². The van der Waals surface area contributed by atoms with E-state index in [0.717, 1.165) is 32.1 Å². The van der Waals surface area contributed by atoms with Crippen molar-refractivity contribution in [1.82, 2.24) is 4.98 Å². The first kappa shape index (κ1) is 20.1. The molecule has 0 radical (unpaired) electrons. The van der Waals surface area contributed by atoms with E-state index in [1.165, 1.54) is 5.56 Å². The summed E-state index contributed by atoms with van der Waals surface area (Å²) < 4.78 is 25.6.